The molecule has 0 N–H and O–H groups in total. The van der Waals surface area contributed by atoms with Crippen molar-refractivity contribution in [2.75, 3.05) is 13.1 Å². The highest BCUT2D eigenvalue weighted by Gasteiger charge is 2.37. The fourth-order valence-electron chi connectivity index (χ4n) is 4.21. The van der Waals surface area contributed by atoms with E-state index in [1.54, 1.807) is 30.6 Å². The molecule has 25 heavy (non-hydrogen) atoms. The van der Waals surface area contributed by atoms with Crippen molar-refractivity contribution in [1.29, 1.82) is 0 Å². The Balaban J connectivity index is 1.70. The van der Waals surface area contributed by atoms with Crippen LogP contribution >= 0.6 is 0 Å². The van der Waals surface area contributed by atoms with Crippen molar-refractivity contribution in [3.63, 3.8) is 0 Å². The predicted octanol–water partition coefficient (Wildman–Crippen LogP) is 2.54. The third-order valence-electron chi connectivity index (χ3n) is 5.18. The van der Waals surface area contributed by atoms with Gasteiger partial charge in [0.05, 0.1) is 0 Å². The minimum Gasteiger partial charge on any atom is -0.338 e. The smallest absolute Gasteiger partial charge is 0.253 e. The van der Waals surface area contributed by atoms with Gasteiger partial charge in [0.1, 0.15) is 0 Å². The van der Waals surface area contributed by atoms with Crippen molar-refractivity contribution in [2.45, 2.75) is 25.8 Å². The SMILES string of the molecule is CC=Cc1ccc(=O)n2c1[C@H]1C[C@@H](CN(C(=O)c3ccncc3)C1)C2. The van der Waals surface area contributed by atoms with E-state index in [9.17, 15) is 9.59 Å². The largest absolute Gasteiger partial charge is 0.338 e. The fraction of sp³-hybridized carbons (Fsp3) is 0.350. The van der Waals surface area contributed by atoms with Crippen LogP contribution in [0.15, 0.2) is 47.5 Å². The zero-order valence-electron chi connectivity index (χ0n) is 14.3. The molecule has 128 valence electrons. The molecule has 0 saturated carbocycles. The molecular formula is C20H21N3O2. The highest BCUT2D eigenvalue weighted by Crippen LogP contribution is 2.37. The molecule has 0 spiro atoms. The Morgan fingerprint density at radius 1 is 1.16 bits per heavy atom. The number of carbonyl (C=O) groups is 1. The Morgan fingerprint density at radius 3 is 2.72 bits per heavy atom. The number of pyridine rings is 2. The number of hydrogen-bond donors (Lipinski definition) is 0. The number of allylic oxidation sites excluding steroid dienone is 1. The van der Waals surface area contributed by atoms with Gasteiger partial charge in [-0.1, -0.05) is 12.2 Å². The van der Waals surface area contributed by atoms with Gasteiger partial charge in [-0.25, -0.2) is 0 Å². The summed E-state index contributed by atoms with van der Waals surface area (Å²) in [5, 5.41) is 0. The fourth-order valence-corrected chi connectivity index (χ4v) is 4.21. The monoisotopic (exact) mass is 335 g/mol. The van der Waals surface area contributed by atoms with E-state index in [-0.39, 0.29) is 17.4 Å². The highest BCUT2D eigenvalue weighted by molar-refractivity contribution is 5.94. The molecule has 4 heterocycles. The molecule has 4 rings (SSSR count). The van der Waals surface area contributed by atoms with Gasteiger partial charge in [-0.3, -0.25) is 14.6 Å². The van der Waals surface area contributed by atoms with Crippen LogP contribution in [0.3, 0.4) is 0 Å². The van der Waals surface area contributed by atoms with Crippen LogP contribution in [0.1, 0.15) is 40.9 Å². The van der Waals surface area contributed by atoms with E-state index < -0.39 is 0 Å². The molecular weight excluding hydrogens is 314 g/mol. The molecule has 2 aromatic rings. The standard InChI is InChI=1S/C20H21N3O2/c1-2-3-15-4-5-18(24)23-12-14-10-17(19(15)23)13-22(11-14)20(25)16-6-8-21-9-7-16/h2-9,14,17H,10-13H2,1H3/t14-,17-/m0/s1. The molecule has 2 aliphatic heterocycles. The predicted molar refractivity (Wildman–Crippen MR) is 96.4 cm³/mol. The van der Waals surface area contributed by atoms with Crippen LogP contribution in [-0.2, 0) is 6.54 Å². The van der Waals surface area contributed by atoms with E-state index in [4.69, 9.17) is 0 Å². The summed E-state index contributed by atoms with van der Waals surface area (Å²) in [6.45, 7) is 4.03. The van der Waals surface area contributed by atoms with Crippen molar-refractivity contribution >= 4 is 12.0 Å². The summed E-state index contributed by atoms with van der Waals surface area (Å²) in [5.41, 5.74) is 2.90. The molecule has 0 aromatic carbocycles. The summed E-state index contributed by atoms with van der Waals surface area (Å²) in [5.74, 6) is 0.588. The minimum atomic E-state index is 0.0522. The maximum atomic E-state index is 12.8. The second-order valence-corrected chi connectivity index (χ2v) is 6.87. The van der Waals surface area contributed by atoms with Gasteiger partial charge in [-0.2, -0.15) is 0 Å². The molecule has 2 atom stereocenters. The Morgan fingerprint density at radius 2 is 1.96 bits per heavy atom. The molecule has 1 fully saturated rings. The molecule has 2 aliphatic rings. The Hall–Kier alpha value is -2.69. The van der Waals surface area contributed by atoms with Gasteiger partial charge in [0.25, 0.3) is 11.5 Å². The maximum Gasteiger partial charge on any atom is 0.253 e. The van der Waals surface area contributed by atoms with E-state index in [0.717, 1.165) is 17.7 Å². The first-order valence-corrected chi connectivity index (χ1v) is 8.73. The number of rotatable bonds is 2. The number of amides is 1. The number of likely N-dealkylation sites (tertiary alicyclic amines) is 1. The lowest BCUT2D eigenvalue weighted by Gasteiger charge is -2.43. The molecule has 1 saturated heterocycles. The molecule has 2 aromatic heterocycles. The molecule has 0 unspecified atom stereocenters. The van der Waals surface area contributed by atoms with Crippen molar-refractivity contribution in [1.82, 2.24) is 14.5 Å². The van der Waals surface area contributed by atoms with Crippen LogP contribution in [0.4, 0.5) is 0 Å². The van der Waals surface area contributed by atoms with Gasteiger partial charge in [-0.15, -0.1) is 0 Å². The van der Waals surface area contributed by atoms with Gasteiger partial charge in [0, 0.05) is 55.3 Å². The summed E-state index contributed by atoms with van der Waals surface area (Å²) < 4.78 is 1.92. The van der Waals surface area contributed by atoms with Crippen LogP contribution in [0, 0.1) is 5.92 Å². The van der Waals surface area contributed by atoms with E-state index in [1.165, 1.54) is 0 Å². The van der Waals surface area contributed by atoms with Gasteiger partial charge >= 0.3 is 0 Å². The summed E-state index contributed by atoms with van der Waals surface area (Å²) in [7, 11) is 0. The van der Waals surface area contributed by atoms with Crippen molar-refractivity contribution in [2.24, 2.45) is 5.92 Å². The lowest BCUT2D eigenvalue weighted by molar-refractivity contribution is 0.0594. The first-order valence-electron chi connectivity index (χ1n) is 8.73. The molecule has 0 radical (unpaired) electrons. The lowest BCUT2D eigenvalue weighted by atomic mass is 9.81. The van der Waals surface area contributed by atoms with Gasteiger partial charge in [-0.05, 0) is 43.0 Å². The van der Waals surface area contributed by atoms with E-state index in [1.807, 2.05) is 28.5 Å². The van der Waals surface area contributed by atoms with Crippen molar-refractivity contribution in [3.05, 3.63) is 69.9 Å². The number of fused-ring (bicyclic) bond motifs is 4. The zero-order valence-corrected chi connectivity index (χ0v) is 14.3. The lowest BCUT2D eigenvalue weighted by Crippen LogP contribution is -2.49. The van der Waals surface area contributed by atoms with Crippen molar-refractivity contribution in [3.8, 4) is 0 Å². The van der Waals surface area contributed by atoms with Crippen LogP contribution in [0.5, 0.6) is 0 Å². The van der Waals surface area contributed by atoms with Crippen molar-refractivity contribution < 1.29 is 4.79 Å². The van der Waals surface area contributed by atoms with Crippen LogP contribution in [0.25, 0.3) is 6.08 Å². The van der Waals surface area contributed by atoms with Crippen LogP contribution in [0.2, 0.25) is 0 Å². The van der Waals surface area contributed by atoms with Gasteiger partial charge in [0.2, 0.25) is 0 Å². The normalized spacial score (nSPS) is 22.0. The Bertz CT molecular complexity index is 886. The number of nitrogens with zero attached hydrogens (tertiary/aromatic N) is 3. The zero-order chi connectivity index (χ0) is 17.4. The second-order valence-electron chi connectivity index (χ2n) is 6.87. The molecule has 5 nitrogen and oxygen atoms in total. The minimum absolute atomic E-state index is 0.0522. The van der Waals surface area contributed by atoms with Crippen LogP contribution in [-0.4, -0.2) is 33.4 Å². The summed E-state index contributed by atoms with van der Waals surface area (Å²) >= 11 is 0. The number of carbonyl (C=O) groups excluding carboxylic acids is 1. The summed E-state index contributed by atoms with van der Waals surface area (Å²) in [4.78, 5) is 31.1. The molecule has 5 heteroatoms. The number of piperidine rings is 1. The van der Waals surface area contributed by atoms with E-state index in [0.29, 0.717) is 31.1 Å². The molecule has 1 amide bonds. The third kappa shape index (κ3) is 2.80. The summed E-state index contributed by atoms with van der Waals surface area (Å²) in [6, 6.07) is 7.07. The maximum absolute atomic E-state index is 12.8. The third-order valence-corrected chi connectivity index (χ3v) is 5.18. The Kier molecular flexibility index (Phi) is 3.99. The molecule has 0 aliphatic carbocycles. The Labute approximate surface area is 146 Å². The number of hydrogen-bond acceptors (Lipinski definition) is 3. The van der Waals surface area contributed by atoms with Crippen LogP contribution < -0.4 is 5.56 Å². The van der Waals surface area contributed by atoms with E-state index >= 15 is 0 Å². The van der Waals surface area contributed by atoms with E-state index in [2.05, 4.69) is 11.1 Å². The quantitative estimate of drug-likeness (QED) is 0.847. The topological polar surface area (TPSA) is 55.2 Å². The molecule has 2 bridgehead atoms. The summed E-state index contributed by atoms with van der Waals surface area (Å²) in [6.07, 6.45) is 8.38. The highest BCUT2D eigenvalue weighted by atomic mass is 16.2. The van der Waals surface area contributed by atoms with Gasteiger partial charge < -0.3 is 9.47 Å². The second kappa shape index (κ2) is 6.31. The first-order chi connectivity index (χ1) is 12.2. The average molecular weight is 335 g/mol. The number of aromatic nitrogens is 2. The van der Waals surface area contributed by atoms with Gasteiger partial charge in [0.15, 0.2) is 0 Å². The average Bonchev–Trinajstić information content (AvgIpc) is 2.64. The first kappa shape index (κ1) is 15.8.